The highest BCUT2D eigenvalue weighted by atomic mass is 16.1. The van der Waals surface area contributed by atoms with Gasteiger partial charge in [-0.05, 0) is 51.6 Å². The lowest BCUT2D eigenvalue weighted by molar-refractivity contribution is -0.124. The van der Waals surface area contributed by atoms with Crippen molar-refractivity contribution in [3.05, 3.63) is 0 Å². The van der Waals surface area contributed by atoms with Crippen LogP contribution in [0.15, 0.2) is 0 Å². The first-order valence-corrected chi connectivity index (χ1v) is 6.84. The molecular weight excluding hydrogens is 214 g/mol. The average molecular weight is 239 g/mol. The Morgan fingerprint density at radius 1 is 1.47 bits per heavy atom. The van der Waals surface area contributed by atoms with Crippen molar-refractivity contribution in [2.45, 2.75) is 50.6 Å². The molecule has 98 valence electrons. The van der Waals surface area contributed by atoms with Crippen molar-refractivity contribution in [3.8, 4) is 0 Å². The number of carbonyl (C=O) groups excluding carboxylic acids is 1. The van der Waals surface area contributed by atoms with E-state index in [4.69, 9.17) is 5.73 Å². The van der Waals surface area contributed by atoms with Gasteiger partial charge in [0, 0.05) is 12.6 Å². The maximum Gasteiger partial charge on any atom is 0.237 e. The number of hydrogen-bond donors (Lipinski definition) is 2. The number of nitrogens with one attached hydrogen (secondary N) is 1. The molecule has 3 N–H and O–H groups in total. The minimum Gasteiger partial charge on any atom is -0.368 e. The van der Waals surface area contributed by atoms with Gasteiger partial charge in [0.05, 0.1) is 5.54 Å². The normalized spacial score (nSPS) is 33.2. The zero-order chi connectivity index (χ0) is 12.5. The molecule has 2 rings (SSSR count). The summed E-state index contributed by atoms with van der Waals surface area (Å²) in [7, 11) is 1.85. The minimum atomic E-state index is -0.457. The van der Waals surface area contributed by atoms with E-state index in [1.807, 2.05) is 7.05 Å². The largest absolute Gasteiger partial charge is 0.368 e. The van der Waals surface area contributed by atoms with Crippen molar-refractivity contribution in [2.24, 2.45) is 11.7 Å². The van der Waals surface area contributed by atoms with E-state index in [2.05, 4.69) is 17.1 Å². The van der Waals surface area contributed by atoms with Gasteiger partial charge in [-0.15, -0.1) is 0 Å². The van der Waals surface area contributed by atoms with E-state index in [1.54, 1.807) is 0 Å². The third kappa shape index (κ3) is 2.63. The fraction of sp³-hybridized carbons (Fsp3) is 0.923. The predicted octanol–water partition coefficient (Wildman–Crippen LogP) is 0.714. The predicted molar refractivity (Wildman–Crippen MR) is 68.6 cm³/mol. The third-order valence-electron chi connectivity index (χ3n) is 4.55. The van der Waals surface area contributed by atoms with Crippen molar-refractivity contribution in [3.63, 3.8) is 0 Å². The zero-order valence-corrected chi connectivity index (χ0v) is 11.0. The molecule has 2 aliphatic carbocycles. The third-order valence-corrected chi connectivity index (χ3v) is 4.55. The van der Waals surface area contributed by atoms with E-state index in [0.29, 0.717) is 6.04 Å². The Kier molecular flexibility index (Phi) is 3.73. The Bertz CT molecular complexity index is 290. The summed E-state index contributed by atoms with van der Waals surface area (Å²) in [5, 5.41) is 3.15. The topological polar surface area (TPSA) is 58.4 Å². The van der Waals surface area contributed by atoms with Crippen molar-refractivity contribution in [1.29, 1.82) is 0 Å². The molecular formula is C13H25N3O. The molecule has 0 radical (unpaired) electrons. The fourth-order valence-corrected chi connectivity index (χ4v) is 3.07. The van der Waals surface area contributed by atoms with E-state index in [1.165, 1.54) is 19.4 Å². The molecule has 2 atom stereocenters. The monoisotopic (exact) mass is 239 g/mol. The molecule has 2 unspecified atom stereocenters. The van der Waals surface area contributed by atoms with E-state index >= 15 is 0 Å². The van der Waals surface area contributed by atoms with Crippen molar-refractivity contribution in [2.75, 3.05) is 20.1 Å². The molecule has 2 fully saturated rings. The standard InChI is InChI=1S/C13H25N3O/c1-3-16(9-10-4-5-10)11-6-7-13(8-11,15-2)12(14)17/h10-11,15H,3-9H2,1-2H3,(H2,14,17). The van der Waals surface area contributed by atoms with Crippen LogP contribution in [0.3, 0.4) is 0 Å². The second kappa shape index (κ2) is 4.94. The Hall–Kier alpha value is -0.610. The van der Waals surface area contributed by atoms with Crippen LogP contribution in [0.4, 0.5) is 0 Å². The molecule has 4 nitrogen and oxygen atoms in total. The maximum absolute atomic E-state index is 11.6. The first-order chi connectivity index (χ1) is 8.11. The highest BCUT2D eigenvalue weighted by molar-refractivity contribution is 5.85. The molecule has 0 saturated heterocycles. The average Bonchev–Trinajstić information content (AvgIpc) is 3.03. The second-order valence-electron chi connectivity index (χ2n) is 5.62. The Labute approximate surface area is 104 Å². The van der Waals surface area contributed by atoms with Crippen molar-refractivity contribution in [1.82, 2.24) is 10.2 Å². The first-order valence-electron chi connectivity index (χ1n) is 6.84. The molecule has 0 aliphatic heterocycles. The van der Waals surface area contributed by atoms with Crippen molar-refractivity contribution < 1.29 is 4.79 Å². The first kappa shape index (κ1) is 12.8. The SMILES string of the molecule is CCN(CC1CC1)C1CCC(NC)(C(N)=O)C1. The van der Waals surface area contributed by atoms with Crippen LogP contribution in [0, 0.1) is 5.92 Å². The van der Waals surface area contributed by atoms with E-state index in [0.717, 1.165) is 31.7 Å². The van der Waals surface area contributed by atoms with Gasteiger partial charge in [0.25, 0.3) is 0 Å². The van der Waals surface area contributed by atoms with Crippen LogP contribution < -0.4 is 11.1 Å². The summed E-state index contributed by atoms with van der Waals surface area (Å²) < 4.78 is 0. The summed E-state index contributed by atoms with van der Waals surface area (Å²) in [5.41, 5.74) is 5.08. The zero-order valence-electron chi connectivity index (χ0n) is 11.0. The van der Waals surface area contributed by atoms with Gasteiger partial charge >= 0.3 is 0 Å². The van der Waals surface area contributed by atoms with Crippen LogP contribution in [0.5, 0.6) is 0 Å². The molecule has 0 aromatic rings. The van der Waals surface area contributed by atoms with Gasteiger partial charge in [0.2, 0.25) is 5.91 Å². The summed E-state index contributed by atoms with van der Waals surface area (Å²) >= 11 is 0. The van der Waals surface area contributed by atoms with Crippen LogP contribution in [-0.2, 0) is 4.79 Å². The number of nitrogens with two attached hydrogens (primary N) is 1. The Balaban J connectivity index is 1.96. The van der Waals surface area contributed by atoms with Crippen LogP contribution in [-0.4, -0.2) is 42.5 Å². The summed E-state index contributed by atoms with van der Waals surface area (Å²) in [6.45, 7) is 4.51. The fourth-order valence-electron chi connectivity index (χ4n) is 3.07. The van der Waals surface area contributed by atoms with E-state index in [9.17, 15) is 4.79 Å². The molecule has 2 saturated carbocycles. The molecule has 0 aromatic heterocycles. The van der Waals surface area contributed by atoms with Gasteiger partial charge in [0.1, 0.15) is 0 Å². The van der Waals surface area contributed by atoms with Gasteiger partial charge in [-0.25, -0.2) is 0 Å². The van der Waals surface area contributed by atoms with Crippen LogP contribution in [0.2, 0.25) is 0 Å². The molecule has 4 heteroatoms. The van der Waals surface area contributed by atoms with E-state index < -0.39 is 5.54 Å². The highest BCUT2D eigenvalue weighted by Gasteiger charge is 2.44. The Morgan fingerprint density at radius 3 is 2.59 bits per heavy atom. The quantitative estimate of drug-likeness (QED) is 0.718. The minimum absolute atomic E-state index is 0.190. The highest BCUT2D eigenvalue weighted by Crippen LogP contribution is 2.36. The number of carbonyl (C=O) groups is 1. The molecule has 0 aromatic carbocycles. The maximum atomic E-state index is 11.6. The summed E-state index contributed by atoms with van der Waals surface area (Å²) in [6, 6.07) is 0.528. The van der Waals surface area contributed by atoms with Crippen LogP contribution in [0.1, 0.15) is 39.0 Å². The van der Waals surface area contributed by atoms with E-state index in [-0.39, 0.29) is 5.91 Å². The number of nitrogens with zero attached hydrogens (tertiary/aromatic N) is 1. The number of likely N-dealkylation sites (N-methyl/N-ethyl adjacent to an activating group) is 1. The molecule has 0 heterocycles. The molecule has 1 amide bonds. The van der Waals surface area contributed by atoms with Gasteiger partial charge in [0.15, 0.2) is 0 Å². The number of amides is 1. The molecule has 17 heavy (non-hydrogen) atoms. The number of hydrogen-bond acceptors (Lipinski definition) is 3. The smallest absolute Gasteiger partial charge is 0.237 e. The van der Waals surface area contributed by atoms with Gasteiger partial charge < -0.3 is 16.0 Å². The molecule has 0 bridgehead atoms. The lowest BCUT2D eigenvalue weighted by Crippen LogP contribution is -2.53. The van der Waals surface area contributed by atoms with Crippen molar-refractivity contribution >= 4 is 5.91 Å². The van der Waals surface area contributed by atoms with Crippen LogP contribution >= 0.6 is 0 Å². The van der Waals surface area contributed by atoms with Crippen LogP contribution in [0.25, 0.3) is 0 Å². The lowest BCUT2D eigenvalue weighted by atomic mass is 9.96. The lowest BCUT2D eigenvalue weighted by Gasteiger charge is -2.30. The summed E-state index contributed by atoms with van der Waals surface area (Å²) in [4.78, 5) is 14.1. The number of primary amides is 1. The summed E-state index contributed by atoms with van der Waals surface area (Å²) in [6.07, 6.45) is 5.61. The van der Waals surface area contributed by atoms with Gasteiger partial charge in [-0.2, -0.15) is 0 Å². The van der Waals surface area contributed by atoms with Gasteiger partial charge in [-0.3, -0.25) is 4.79 Å². The summed E-state index contributed by atoms with van der Waals surface area (Å²) in [5.74, 6) is 0.720. The molecule has 0 spiro atoms. The van der Waals surface area contributed by atoms with Gasteiger partial charge in [-0.1, -0.05) is 6.92 Å². The second-order valence-corrected chi connectivity index (χ2v) is 5.62. The number of rotatable bonds is 6. The molecule has 2 aliphatic rings. The Morgan fingerprint density at radius 2 is 2.18 bits per heavy atom.